The highest BCUT2D eigenvalue weighted by Crippen LogP contribution is 2.59. The van der Waals surface area contributed by atoms with Crippen LogP contribution in [-0.2, 0) is 173 Å². The molecule has 6 aliphatic rings. The summed E-state index contributed by atoms with van der Waals surface area (Å²) in [4.78, 5) is 158. The number of fused-ring (bicyclic) bond motifs is 6. The Morgan fingerprint density at radius 2 is 0.442 bits per heavy atom. The summed E-state index contributed by atoms with van der Waals surface area (Å²) >= 11 is 33.4. The molecule has 6 aliphatic heterocycles. The van der Waals surface area contributed by atoms with Gasteiger partial charge in [-0.3, -0.25) is 50.0 Å². The molecule has 12 aromatic heterocycles. The molecule has 746 valence electrons. The van der Waals surface area contributed by atoms with Crippen molar-refractivity contribution in [2.24, 2.45) is 0 Å². The Labute approximate surface area is 804 Å². The fourth-order valence-electron chi connectivity index (χ4n) is 16.7. The third kappa shape index (κ3) is 20.3. The van der Waals surface area contributed by atoms with Crippen LogP contribution in [0.3, 0.4) is 0 Å². The van der Waals surface area contributed by atoms with Crippen LogP contribution in [0, 0.1) is 0 Å². The molecule has 61 nitrogen and oxygen atoms in total. The van der Waals surface area contributed by atoms with Crippen molar-refractivity contribution >= 4 is 213 Å². The molecule has 6 saturated heterocycles. The van der Waals surface area contributed by atoms with Gasteiger partial charge in [0, 0.05) is 35.5 Å². The molecule has 0 spiro atoms. The van der Waals surface area contributed by atoms with Gasteiger partial charge < -0.3 is 158 Å². The molecule has 0 aromatic carbocycles. The highest BCUT2D eigenvalue weighted by molar-refractivity contribution is 8.08. The summed E-state index contributed by atoms with van der Waals surface area (Å²) in [5, 5.41) is 22.5. The van der Waals surface area contributed by atoms with E-state index >= 15 is 0 Å². The van der Waals surface area contributed by atoms with Crippen molar-refractivity contribution in [3.8, 4) is 0 Å². The Morgan fingerprint density at radius 1 is 0.261 bits per heavy atom. The minimum absolute atomic E-state index is 0.00842. The number of aliphatic hydroxyl groups is 2. The molecule has 138 heavy (non-hydrogen) atoms. The van der Waals surface area contributed by atoms with Crippen LogP contribution in [0.5, 0.6) is 0 Å². The van der Waals surface area contributed by atoms with Gasteiger partial charge in [-0.2, -0.15) is 0 Å². The van der Waals surface area contributed by atoms with E-state index in [1.165, 1.54) is 114 Å². The lowest BCUT2D eigenvalue weighted by Gasteiger charge is -2.30. The van der Waals surface area contributed by atoms with Gasteiger partial charge in [0.2, 0.25) is 0 Å². The van der Waals surface area contributed by atoms with E-state index in [0.29, 0.717) is 0 Å². The maximum absolute atomic E-state index is 12.5. The van der Waals surface area contributed by atoms with E-state index in [-0.39, 0.29) is 102 Å². The molecule has 18 heterocycles. The second-order valence-corrected chi connectivity index (χ2v) is 47.4. The smallest absolute Gasteiger partial charge is 0.325 e. The van der Waals surface area contributed by atoms with Crippen LogP contribution in [-0.4, -0.2) is 347 Å². The van der Waals surface area contributed by atoms with Crippen LogP contribution < -0.4 is 34.4 Å². The number of nitrogens with two attached hydrogens (primary N) is 6. The number of rotatable bonds is 39. The van der Waals surface area contributed by atoms with E-state index in [2.05, 4.69) is 89.7 Å². The fourth-order valence-corrected chi connectivity index (χ4v) is 24.2. The molecule has 29 atom stereocenters. The van der Waals surface area contributed by atoms with Gasteiger partial charge in [0.05, 0.1) is 77.6 Å². The zero-order valence-corrected chi connectivity index (χ0v) is 81.6. The summed E-state index contributed by atoms with van der Waals surface area (Å²) < 4.78 is 145. The Bertz CT molecular complexity index is 6810. The topological polar surface area (TPSA) is 803 Å². The second-order valence-electron chi connectivity index (χ2n) is 30.8. The Morgan fingerprint density at radius 3 is 0.638 bits per heavy atom. The molecule has 18 rings (SSSR count). The molecule has 0 radical (unpaired) electrons. The normalized spacial score (nSPS) is 30.9. The Hall–Kier alpha value is -7.24. The van der Waals surface area contributed by atoms with Crippen LogP contribution in [0.4, 0.5) is 34.9 Å². The SMILES string of the molecule is COC1C(COP(O)(O)=S)OC(n2cnc3c(N)ncnc32)C1OP(O)(=S)OCC1OC(n2cnc3c(N)ncnc32)C(OP(O)(=S)OCC2OC(n3cnc4c(N)ncnc43)C(OP(O)(=S)OCC3OC(n4cnc5c(N)ncnc54)C(OP(O)(=S)OCC4OC(n5cnc6c(N)ncnc65)C(OP(O)(=S)OCC5OC(n6cnc7c(N)ncnc76)C(O)C5O)C4OC)C3OC)C2OC)C1OC. The standard InChI is InChI=1S/C65H84N30O31P6S6/c1-105-38-25(7-110-127(98,99)133)117-61(91-19-85-31-49(67)73-13-79-55(31)91)43(38)123-129(101,135)112-9-27-40(107-3)45(63(119-27)93-21-87-33-51(69)75-15-81-57(33)93)125-131(103,137)114-11-29-42(109-5)47(65(121-29)95-23-89-35-53(71)77-17-83-59(35)95)126-132(104,138)115-10-28-41(108-4)46(64(120-28)94-22-88-34-52(70)76-16-82-58(34)94)124-130(102,136)113-8-26-39(106-2)44(62(118-26)92-20-86-32-50(68)74-14-80-56(32)92)122-128(100,134)111-6-24-36(96)37(97)60(116-24)90-18-84-30-48(66)72-12-78-54(30)90/h12-29,36-47,60-65,96-97H,6-11H2,1-5H3,(H,100,134)(H,101,135)(H,102,136)(H,103,137)(H,104,138)(H2,66,72,78)(H2,67,73,79)(H2,68,74,80)(H2,69,75,81)(H2,70,76,82)(H2,71,77,83)(H2,98,99,133). The average Bonchev–Trinajstić information content (AvgIpc) is 1.61. The van der Waals surface area contributed by atoms with Crippen LogP contribution >= 0.6 is 40.3 Å². The third-order valence-corrected chi connectivity index (χ3v) is 31.4. The highest BCUT2D eigenvalue weighted by atomic mass is 32.5. The lowest BCUT2D eigenvalue weighted by atomic mass is 10.1. The zero-order valence-electron chi connectivity index (χ0n) is 71.4. The number of anilines is 6. The van der Waals surface area contributed by atoms with Gasteiger partial charge in [-0.05, 0) is 70.8 Å². The molecular formula is C65H84N30O31P6S6. The van der Waals surface area contributed by atoms with Gasteiger partial charge in [0.15, 0.2) is 106 Å². The van der Waals surface area contributed by atoms with E-state index in [1.54, 1.807) is 0 Å². The molecule has 21 N–H and O–H groups in total. The summed E-state index contributed by atoms with van der Waals surface area (Å²) in [5.74, 6) is -0.0997. The first-order valence-corrected chi connectivity index (χ1v) is 55.9. The molecule has 73 heteroatoms. The molecule has 6 fully saturated rings. The summed E-state index contributed by atoms with van der Waals surface area (Å²) in [6.45, 7) is -31.5. The first-order chi connectivity index (χ1) is 65.8. The number of nitrogens with zero attached hydrogens (tertiary/aromatic N) is 24. The van der Waals surface area contributed by atoms with Gasteiger partial charge >= 0.3 is 40.3 Å². The number of aromatic nitrogens is 24. The first kappa shape index (κ1) is 101. The van der Waals surface area contributed by atoms with Crippen molar-refractivity contribution < 1.29 is 146 Å². The number of imidazole rings is 6. The number of nitrogen functional groups attached to an aromatic ring is 6. The maximum atomic E-state index is 12.5. The summed E-state index contributed by atoms with van der Waals surface area (Å²) in [6.07, 6.45) is -19.1. The van der Waals surface area contributed by atoms with Gasteiger partial charge in [-0.15, -0.1) is 0 Å². The Kier molecular flexibility index (Phi) is 29.5. The first-order valence-electron chi connectivity index (χ1n) is 40.3. The van der Waals surface area contributed by atoms with Crippen molar-refractivity contribution in [1.29, 1.82) is 0 Å². The van der Waals surface area contributed by atoms with Crippen molar-refractivity contribution in [2.45, 2.75) is 147 Å². The molecule has 0 aliphatic carbocycles. The van der Waals surface area contributed by atoms with Gasteiger partial charge in [-0.25, -0.2) is 89.7 Å². The van der Waals surface area contributed by atoms with Crippen molar-refractivity contribution in [1.82, 2.24) is 117 Å². The van der Waals surface area contributed by atoms with Crippen molar-refractivity contribution in [3.63, 3.8) is 0 Å². The predicted octanol–water partition coefficient (Wildman–Crippen LogP) is -1.98. The van der Waals surface area contributed by atoms with E-state index < -0.39 is 227 Å². The van der Waals surface area contributed by atoms with E-state index in [9.17, 15) is 44.5 Å². The molecule has 12 aromatic rings. The molecule has 0 bridgehead atoms. The summed E-state index contributed by atoms with van der Waals surface area (Å²) in [5.41, 5.74) is 38.7. The van der Waals surface area contributed by atoms with Gasteiger partial charge in [0.1, 0.15) is 181 Å². The van der Waals surface area contributed by atoms with Crippen molar-refractivity contribution in [2.75, 3.05) is 110 Å². The van der Waals surface area contributed by atoms with Gasteiger partial charge in [-0.1, -0.05) is 0 Å². The number of hydrogen-bond acceptors (Lipinski definition) is 54. The quantitative estimate of drug-likeness (QED) is 0.0186. The summed E-state index contributed by atoms with van der Waals surface area (Å²) in [6, 6.07) is 0. The average molecular weight is 2160 g/mol. The molecule has 0 amide bonds. The molecule has 0 saturated carbocycles. The predicted molar refractivity (Wildman–Crippen MR) is 489 cm³/mol. The monoisotopic (exact) mass is 2160 g/mol. The van der Waals surface area contributed by atoms with Crippen LogP contribution in [0.2, 0.25) is 0 Å². The van der Waals surface area contributed by atoms with Crippen LogP contribution in [0.15, 0.2) is 75.9 Å². The lowest BCUT2D eigenvalue weighted by Crippen LogP contribution is -2.39. The van der Waals surface area contributed by atoms with E-state index in [0.717, 1.165) is 25.3 Å². The number of methoxy groups -OCH3 is 5. The number of ether oxygens (including phenoxy) is 11. The largest absolute Gasteiger partial charge is 0.387 e. The third-order valence-electron chi connectivity index (χ3n) is 22.8. The van der Waals surface area contributed by atoms with E-state index in [1.807, 2.05) is 0 Å². The van der Waals surface area contributed by atoms with Crippen LogP contribution in [0.1, 0.15) is 37.4 Å². The molecular weight excluding hydrogens is 2080 g/mol. The minimum Gasteiger partial charge on any atom is -0.387 e. The number of hydrogen-bond donors (Lipinski definition) is 15. The second kappa shape index (κ2) is 40.4. The van der Waals surface area contributed by atoms with Crippen molar-refractivity contribution in [3.05, 3.63) is 75.9 Å². The van der Waals surface area contributed by atoms with Gasteiger partial charge in [0.25, 0.3) is 0 Å². The molecule has 29 unspecified atom stereocenters. The zero-order chi connectivity index (χ0) is 97.7. The lowest BCUT2D eigenvalue weighted by molar-refractivity contribution is -0.0616. The fraction of sp³-hybridized carbons (Fsp3) is 0.538. The minimum atomic E-state index is -4.75. The van der Waals surface area contributed by atoms with Crippen LogP contribution in [0.25, 0.3) is 67.0 Å². The maximum Gasteiger partial charge on any atom is 0.325 e. The Balaban J connectivity index is 0.570. The highest BCUT2D eigenvalue weighted by Gasteiger charge is 2.58. The summed E-state index contributed by atoms with van der Waals surface area (Å²) in [7, 11) is 6.33. The van der Waals surface area contributed by atoms with E-state index in [4.69, 9.17) is 207 Å². The number of aliphatic hydroxyl groups excluding tert-OH is 2.